The molecule has 1 aliphatic heterocycles. The number of nitrogens with zero attached hydrogens (tertiary/aromatic N) is 4. The van der Waals surface area contributed by atoms with E-state index in [-0.39, 0.29) is 12.3 Å². The van der Waals surface area contributed by atoms with Gasteiger partial charge in [0.1, 0.15) is 0 Å². The average Bonchev–Trinajstić information content (AvgIpc) is 2.72. The number of aromatic nitrogens is 2. The van der Waals surface area contributed by atoms with Gasteiger partial charge < -0.3 is 19.3 Å². The van der Waals surface area contributed by atoms with Gasteiger partial charge in [-0.3, -0.25) is 4.79 Å². The zero-order valence-electron chi connectivity index (χ0n) is 15.2. The third kappa shape index (κ3) is 3.81. The number of piperazine rings is 1. The van der Waals surface area contributed by atoms with Crippen LogP contribution in [-0.2, 0) is 19.1 Å². The Hall–Kier alpha value is -3.23. The van der Waals surface area contributed by atoms with E-state index in [4.69, 9.17) is 4.74 Å². The third-order valence-electron chi connectivity index (χ3n) is 4.25. The van der Waals surface area contributed by atoms with Gasteiger partial charge in [0, 0.05) is 26.2 Å². The molecule has 27 heavy (non-hydrogen) atoms. The largest absolute Gasteiger partial charge is 0.462 e. The Morgan fingerprint density at radius 1 is 1.04 bits per heavy atom. The number of carbonyl (C=O) groups is 3. The van der Waals surface area contributed by atoms with Gasteiger partial charge in [0.05, 0.1) is 24.8 Å². The van der Waals surface area contributed by atoms with Crippen LogP contribution in [0.1, 0.15) is 17.4 Å². The molecule has 1 aromatic carbocycles. The van der Waals surface area contributed by atoms with Crippen molar-refractivity contribution in [1.82, 2.24) is 14.9 Å². The first-order valence-electron chi connectivity index (χ1n) is 8.61. The quantitative estimate of drug-likeness (QED) is 0.571. The highest BCUT2D eigenvalue weighted by Crippen LogP contribution is 2.23. The Balaban J connectivity index is 1.87. The summed E-state index contributed by atoms with van der Waals surface area (Å²) in [4.78, 5) is 48.0. The van der Waals surface area contributed by atoms with Crippen LogP contribution in [0.3, 0.4) is 0 Å². The van der Waals surface area contributed by atoms with Crippen LogP contribution in [0.15, 0.2) is 24.3 Å². The van der Waals surface area contributed by atoms with E-state index in [0.717, 1.165) is 0 Å². The maximum Gasteiger partial charge on any atom is 0.396 e. The highest BCUT2D eigenvalue weighted by molar-refractivity contribution is 6.32. The van der Waals surface area contributed by atoms with Crippen LogP contribution in [0, 0.1) is 0 Å². The summed E-state index contributed by atoms with van der Waals surface area (Å²) < 4.78 is 9.59. The van der Waals surface area contributed by atoms with Gasteiger partial charge in [0.15, 0.2) is 11.5 Å². The summed E-state index contributed by atoms with van der Waals surface area (Å²) in [7, 11) is 1.17. The number of hydrogen-bond acceptors (Lipinski definition) is 8. The molecule has 9 heteroatoms. The molecule has 0 bridgehead atoms. The van der Waals surface area contributed by atoms with E-state index < -0.39 is 17.8 Å². The van der Waals surface area contributed by atoms with Crippen molar-refractivity contribution in [3.63, 3.8) is 0 Å². The van der Waals surface area contributed by atoms with Crippen molar-refractivity contribution in [3.8, 4) is 0 Å². The Kier molecular flexibility index (Phi) is 5.49. The molecule has 2 heterocycles. The van der Waals surface area contributed by atoms with E-state index in [1.54, 1.807) is 13.0 Å². The van der Waals surface area contributed by atoms with Gasteiger partial charge in [-0.05, 0) is 19.1 Å². The maximum atomic E-state index is 12.4. The van der Waals surface area contributed by atoms with Crippen LogP contribution in [0.5, 0.6) is 0 Å². The summed E-state index contributed by atoms with van der Waals surface area (Å²) in [6.45, 7) is 3.39. The molecule has 0 atom stereocenters. The summed E-state index contributed by atoms with van der Waals surface area (Å²) in [5, 5.41) is 0. The van der Waals surface area contributed by atoms with Gasteiger partial charge in [-0.25, -0.2) is 19.6 Å². The van der Waals surface area contributed by atoms with Gasteiger partial charge >= 0.3 is 17.8 Å². The van der Waals surface area contributed by atoms with Gasteiger partial charge in [0.2, 0.25) is 0 Å². The first-order valence-corrected chi connectivity index (χ1v) is 8.61. The molecule has 1 amide bonds. The van der Waals surface area contributed by atoms with Crippen molar-refractivity contribution in [1.29, 1.82) is 0 Å². The minimum Gasteiger partial charge on any atom is -0.462 e. The van der Waals surface area contributed by atoms with Crippen LogP contribution in [0.4, 0.5) is 5.82 Å². The smallest absolute Gasteiger partial charge is 0.396 e. The summed E-state index contributed by atoms with van der Waals surface area (Å²) in [5.74, 6) is -1.69. The fraction of sp³-hybridized carbons (Fsp3) is 0.389. The van der Waals surface area contributed by atoms with Crippen molar-refractivity contribution in [2.45, 2.75) is 6.92 Å². The fourth-order valence-electron chi connectivity index (χ4n) is 2.89. The molecule has 1 aromatic heterocycles. The normalized spacial score (nSPS) is 14.1. The molecule has 1 aliphatic rings. The SMILES string of the molecule is CCOC(=O)c1nc2ccccc2nc1N1CCN(C(=O)C(=O)OC)CC1. The first-order chi connectivity index (χ1) is 13.0. The summed E-state index contributed by atoms with van der Waals surface area (Å²) in [5.41, 5.74) is 1.40. The Morgan fingerprint density at radius 3 is 2.26 bits per heavy atom. The monoisotopic (exact) mass is 372 g/mol. The van der Waals surface area contributed by atoms with Crippen molar-refractivity contribution in [2.75, 3.05) is 44.8 Å². The molecule has 3 rings (SSSR count). The number of ether oxygens (including phenoxy) is 2. The molecular formula is C18H20N4O5. The number of fused-ring (bicyclic) bond motifs is 1. The van der Waals surface area contributed by atoms with Crippen LogP contribution in [0.25, 0.3) is 11.0 Å². The van der Waals surface area contributed by atoms with E-state index >= 15 is 0 Å². The van der Waals surface area contributed by atoms with Crippen molar-refractivity contribution in [2.24, 2.45) is 0 Å². The number of para-hydroxylation sites is 2. The fourth-order valence-corrected chi connectivity index (χ4v) is 2.89. The second-order valence-electron chi connectivity index (χ2n) is 5.88. The molecule has 1 saturated heterocycles. The van der Waals surface area contributed by atoms with Crippen LogP contribution in [-0.4, -0.2) is 72.6 Å². The van der Waals surface area contributed by atoms with Crippen LogP contribution < -0.4 is 4.90 Å². The van der Waals surface area contributed by atoms with Gasteiger partial charge in [-0.2, -0.15) is 0 Å². The number of rotatable bonds is 3. The lowest BCUT2D eigenvalue weighted by Crippen LogP contribution is -2.51. The average molecular weight is 372 g/mol. The van der Waals surface area contributed by atoms with Crippen LogP contribution in [0.2, 0.25) is 0 Å². The lowest BCUT2D eigenvalue weighted by atomic mass is 10.2. The lowest BCUT2D eigenvalue weighted by Gasteiger charge is -2.35. The second-order valence-corrected chi connectivity index (χ2v) is 5.88. The number of methoxy groups -OCH3 is 1. The van der Waals surface area contributed by atoms with Gasteiger partial charge in [-0.15, -0.1) is 0 Å². The van der Waals surface area contributed by atoms with Crippen molar-refractivity contribution >= 4 is 34.7 Å². The minimum atomic E-state index is -0.888. The molecule has 0 spiro atoms. The minimum absolute atomic E-state index is 0.142. The van der Waals surface area contributed by atoms with Crippen molar-refractivity contribution in [3.05, 3.63) is 30.0 Å². The zero-order chi connectivity index (χ0) is 19.4. The standard InChI is InChI=1S/C18H20N4O5/c1-3-27-17(24)14-15(20-13-7-5-4-6-12(13)19-14)21-8-10-22(11-9-21)16(23)18(25)26-2/h4-7H,3,8-11H2,1-2H3. The van der Waals surface area contributed by atoms with E-state index in [2.05, 4.69) is 14.7 Å². The first kappa shape index (κ1) is 18.6. The molecular weight excluding hydrogens is 352 g/mol. The Labute approximate surface area is 155 Å². The molecule has 0 N–H and O–H groups in total. The number of benzene rings is 1. The molecule has 1 fully saturated rings. The summed E-state index contributed by atoms with van der Waals surface area (Å²) in [6, 6.07) is 7.26. The Morgan fingerprint density at radius 2 is 1.67 bits per heavy atom. The van der Waals surface area contributed by atoms with Gasteiger partial charge in [0.25, 0.3) is 0 Å². The number of amides is 1. The van der Waals surface area contributed by atoms with Crippen LogP contribution >= 0.6 is 0 Å². The Bertz CT molecular complexity index is 877. The molecule has 142 valence electrons. The molecule has 0 radical (unpaired) electrons. The third-order valence-corrected chi connectivity index (χ3v) is 4.25. The predicted octanol–water partition coefficient (Wildman–Crippen LogP) is 0.628. The number of esters is 2. The van der Waals surface area contributed by atoms with E-state index in [1.807, 2.05) is 23.1 Å². The molecule has 0 saturated carbocycles. The van der Waals surface area contributed by atoms with E-state index in [1.165, 1.54) is 12.0 Å². The molecule has 9 nitrogen and oxygen atoms in total. The van der Waals surface area contributed by atoms with Gasteiger partial charge in [-0.1, -0.05) is 12.1 Å². The molecule has 0 aliphatic carbocycles. The second kappa shape index (κ2) is 7.98. The number of anilines is 1. The lowest BCUT2D eigenvalue weighted by molar-refractivity contribution is -0.158. The predicted molar refractivity (Wildman–Crippen MR) is 96.3 cm³/mol. The number of carbonyl (C=O) groups excluding carboxylic acids is 3. The topological polar surface area (TPSA) is 102 Å². The highest BCUT2D eigenvalue weighted by Gasteiger charge is 2.29. The zero-order valence-corrected chi connectivity index (χ0v) is 15.2. The maximum absolute atomic E-state index is 12.4. The summed E-state index contributed by atoms with van der Waals surface area (Å²) >= 11 is 0. The van der Waals surface area contributed by atoms with E-state index in [9.17, 15) is 14.4 Å². The summed E-state index contributed by atoms with van der Waals surface area (Å²) in [6.07, 6.45) is 0. The van der Waals surface area contributed by atoms with Crippen molar-refractivity contribution < 1.29 is 23.9 Å². The number of hydrogen-bond donors (Lipinski definition) is 0. The van der Waals surface area contributed by atoms with E-state index in [0.29, 0.717) is 43.0 Å². The molecule has 0 unspecified atom stereocenters. The molecule has 2 aromatic rings. The highest BCUT2D eigenvalue weighted by atomic mass is 16.5.